The summed E-state index contributed by atoms with van der Waals surface area (Å²) < 4.78 is 0. The van der Waals surface area contributed by atoms with E-state index in [1.54, 1.807) is 0 Å². The highest BCUT2D eigenvalue weighted by Gasteiger charge is 2.16. The Morgan fingerprint density at radius 2 is 2.07 bits per heavy atom. The first-order valence-electron chi connectivity index (χ1n) is 5.00. The van der Waals surface area contributed by atoms with Gasteiger partial charge in [0, 0.05) is 11.9 Å². The highest BCUT2D eigenvalue weighted by molar-refractivity contribution is 5.85. The van der Waals surface area contributed by atoms with Gasteiger partial charge in [-0.2, -0.15) is 0 Å². The molecule has 1 aromatic heterocycles. The number of aryl methyl sites for hydroxylation is 1. The van der Waals surface area contributed by atoms with Gasteiger partial charge in [0.15, 0.2) is 0 Å². The van der Waals surface area contributed by atoms with Crippen LogP contribution in [0, 0.1) is 6.92 Å². The number of nitrogens with one attached hydrogen (secondary N) is 1. The average molecular weight is 213 g/mol. The van der Waals surface area contributed by atoms with Gasteiger partial charge in [-0.25, -0.2) is 0 Å². The van der Waals surface area contributed by atoms with E-state index in [9.17, 15) is 0 Å². The van der Waals surface area contributed by atoms with Gasteiger partial charge in [-0.05, 0) is 50.4 Å². The first kappa shape index (κ1) is 11.5. The van der Waals surface area contributed by atoms with Gasteiger partial charge in [0.1, 0.15) is 0 Å². The van der Waals surface area contributed by atoms with Gasteiger partial charge >= 0.3 is 0 Å². The number of halogens is 1. The van der Waals surface area contributed by atoms with Crippen molar-refractivity contribution in [2.45, 2.75) is 25.7 Å². The maximum atomic E-state index is 4.33. The summed E-state index contributed by atoms with van der Waals surface area (Å²) in [7, 11) is 0. The van der Waals surface area contributed by atoms with Gasteiger partial charge in [-0.15, -0.1) is 12.4 Å². The third kappa shape index (κ3) is 2.46. The lowest BCUT2D eigenvalue weighted by atomic mass is 9.89. The van der Waals surface area contributed by atoms with Gasteiger partial charge in [-0.1, -0.05) is 6.07 Å². The number of hydrogen-bond donors (Lipinski definition) is 1. The van der Waals surface area contributed by atoms with Crippen molar-refractivity contribution in [3.8, 4) is 0 Å². The zero-order valence-corrected chi connectivity index (χ0v) is 9.31. The highest BCUT2D eigenvalue weighted by Crippen LogP contribution is 2.26. The molecule has 2 nitrogen and oxygen atoms in total. The summed E-state index contributed by atoms with van der Waals surface area (Å²) in [6.45, 7) is 4.41. The van der Waals surface area contributed by atoms with Crippen molar-refractivity contribution in [3.05, 3.63) is 29.6 Å². The molecule has 0 bridgehead atoms. The molecule has 1 aliphatic rings. The maximum absolute atomic E-state index is 4.33. The van der Waals surface area contributed by atoms with Crippen LogP contribution >= 0.6 is 12.4 Å². The Hall–Kier alpha value is -0.600. The third-order valence-corrected chi connectivity index (χ3v) is 2.83. The lowest BCUT2D eigenvalue weighted by Crippen LogP contribution is -2.27. The van der Waals surface area contributed by atoms with Crippen LogP contribution in [0.3, 0.4) is 0 Å². The van der Waals surface area contributed by atoms with Gasteiger partial charge in [-0.3, -0.25) is 4.98 Å². The largest absolute Gasteiger partial charge is 0.317 e. The second-order valence-corrected chi connectivity index (χ2v) is 3.70. The topological polar surface area (TPSA) is 24.9 Å². The van der Waals surface area contributed by atoms with E-state index in [-0.39, 0.29) is 12.4 Å². The Morgan fingerprint density at radius 3 is 2.71 bits per heavy atom. The molecule has 0 aromatic carbocycles. The van der Waals surface area contributed by atoms with Crippen molar-refractivity contribution in [2.75, 3.05) is 13.1 Å². The molecular formula is C11H17ClN2. The van der Waals surface area contributed by atoms with Crippen molar-refractivity contribution in [2.24, 2.45) is 0 Å². The minimum Gasteiger partial charge on any atom is -0.317 e. The fraction of sp³-hybridized carbons (Fsp3) is 0.545. The molecule has 0 spiro atoms. The number of pyridine rings is 1. The third-order valence-electron chi connectivity index (χ3n) is 2.83. The molecule has 0 aliphatic carbocycles. The first-order chi connectivity index (χ1) is 6.38. The van der Waals surface area contributed by atoms with Crippen LogP contribution in [0.5, 0.6) is 0 Å². The van der Waals surface area contributed by atoms with Crippen LogP contribution in [0.15, 0.2) is 18.3 Å². The lowest BCUT2D eigenvalue weighted by Gasteiger charge is -2.23. The molecule has 2 rings (SSSR count). The Balaban J connectivity index is 0.000000980. The summed E-state index contributed by atoms with van der Waals surface area (Å²) in [5.41, 5.74) is 2.65. The number of piperidine rings is 1. The summed E-state index contributed by atoms with van der Waals surface area (Å²) in [6, 6.07) is 4.27. The summed E-state index contributed by atoms with van der Waals surface area (Å²) in [4.78, 5) is 4.33. The summed E-state index contributed by atoms with van der Waals surface area (Å²) in [6.07, 6.45) is 4.39. The van der Waals surface area contributed by atoms with Crippen LogP contribution in [-0.2, 0) is 0 Å². The quantitative estimate of drug-likeness (QED) is 0.773. The smallest absolute Gasteiger partial charge is 0.0407 e. The van der Waals surface area contributed by atoms with Crippen LogP contribution in [0.25, 0.3) is 0 Å². The highest BCUT2D eigenvalue weighted by atomic mass is 35.5. The van der Waals surface area contributed by atoms with Gasteiger partial charge < -0.3 is 5.32 Å². The number of aromatic nitrogens is 1. The van der Waals surface area contributed by atoms with Crippen molar-refractivity contribution < 1.29 is 0 Å². The van der Waals surface area contributed by atoms with E-state index < -0.39 is 0 Å². The van der Waals surface area contributed by atoms with Gasteiger partial charge in [0.05, 0.1) is 0 Å². The maximum Gasteiger partial charge on any atom is 0.0407 e. The lowest BCUT2D eigenvalue weighted by molar-refractivity contribution is 0.458. The number of hydrogen-bond acceptors (Lipinski definition) is 2. The molecular weight excluding hydrogens is 196 g/mol. The zero-order valence-electron chi connectivity index (χ0n) is 8.49. The van der Waals surface area contributed by atoms with Crippen molar-refractivity contribution in [3.63, 3.8) is 0 Å². The predicted molar refractivity (Wildman–Crippen MR) is 61.1 cm³/mol. The van der Waals surface area contributed by atoms with E-state index in [1.807, 2.05) is 12.3 Å². The molecule has 1 saturated heterocycles. The number of rotatable bonds is 1. The van der Waals surface area contributed by atoms with E-state index in [1.165, 1.54) is 24.1 Å². The number of nitrogens with zero attached hydrogens (tertiary/aromatic N) is 1. The van der Waals surface area contributed by atoms with Crippen LogP contribution in [0.1, 0.15) is 30.0 Å². The molecule has 1 aliphatic heterocycles. The molecule has 0 saturated carbocycles. The van der Waals surface area contributed by atoms with E-state index in [0.717, 1.165) is 19.0 Å². The van der Waals surface area contributed by atoms with Crippen molar-refractivity contribution >= 4 is 12.4 Å². The van der Waals surface area contributed by atoms with Gasteiger partial charge in [0.25, 0.3) is 0 Å². The van der Waals surface area contributed by atoms with Crippen LogP contribution in [0.2, 0.25) is 0 Å². The molecule has 1 aromatic rings. The molecule has 0 amide bonds. The summed E-state index contributed by atoms with van der Waals surface area (Å²) >= 11 is 0. The molecule has 0 atom stereocenters. The molecule has 3 heteroatoms. The van der Waals surface area contributed by atoms with E-state index in [2.05, 4.69) is 23.3 Å². The standard InChI is InChI=1S/C11H16N2.ClH/c1-9-11(3-2-6-13-9)10-4-7-12-8-5-10;/h2-3,6,10,12H,4-5,7-8H2,1H3;1H. The van der Waals surface area contributed by atoms with Crippen molar-refractivity contribution in [1.29, 1.82) is 0 Å². The molecule has 78 valence electrons. The van der Waals surface area contributed by atoms with Crippen molar-refractivity contribution in [1.82, 2.24) is 10.3 Å². The SMILES string of the molecule is Cc1ncccc1C1CCNCC1.Cl. The molecule has 0 unspecified atom stereocenters. The van der Waals surface area contributed by atoms with Crippen LogP contribution in [-0.4, -0.2) is 18.1 Å². The molecule has 1 fully saturated rings. The van der Waals surface area contributed by atoms with Crippen LogP contribution < -0.4 is 5.32 Å². The molecule has 14 heavy (non-hydrogen) atoms. The second kappa shape index (κ2) is 5.32. The molecule has 0 radical (unpaired) electrons. The minimum absolute atomic E-state index is 0. The van der Waals surface area contributed by atoms with E-state index >= 15 is 0 Å². The molecule has 1 N–H and O–H groups in total. The Bertz CT molecular complexity index is 282. The van der Waals surface area contributed by atoms with Gasteiger partial charge in [0.2, 0.25) is 0 Å². The fourth-order valence-corrected chi connectivity index (χ4v) is 2.06. The molecule has 2 heterocycles. The minimum atomic E-state index is 0. The zero-order chi connectivity index (χ0) is 9.10. The van der Waals surface area contributed by atoms with E-state index in [0.29, 0.717) is 0 Å². The second-order valence-electron chi connectivity index (χ2n) is 3.70. The summed E-state index contributed by atoms with van der Waals surface area (Å²) in [5.74, 6) is 0.731. The monoisotopic (exact) mass is 212 g/mol. The first-order valence-corrected chi connectivity index (χ1v) is 5.00. The van der Waals surface area contributed by atoms with Crippen LogP contribution in [0.4, 0.5) is 0 Å². The normalized spacial score (nSPS) is 17.5. The predicted octanol–water partition coefficient (Wildman–Crippen LogP) is 2.28. The summed E-state index contributed by atoms with van der Waals surface area (Å²) in [5, 5.41) is 3.38. The Morgan fingerprint density at radius 1 is 1.36 bits per heavy atom. The fourth-order valence-electron chi connectivity index (χ4n) is 2.06. The average Bonchev–Trinajstić information content (AvgIpc) is 2.20. The Labute approximate surface area is 91.5 Å². The van der Waals surface area contributed by atoms with E-state index in [4.69, 9.17) is 0 Å². The Kier molecular flexibility index (Phi) is 4.36.